The van der Waals surface area contributed by atoms with Crippen LogP contribution in [0.3, 0.4) is 0 Å². The first-order valence-corrected chi connectivity index (χ1v) is 4.05. The quantitative estimate of drug-likeness (QED) is 0.641. The molecular formula is C8H18N2O. The molecule has 0 fully saturated rings. The maximum Gasteiger partial charge on any atom is 0.312 e. The number of urea groups is 1. The van der Waals surface area contributed by atoms with E-state index in [9.17, 15) is 4.79 Å². The summed E-state index contributed by atoms with van der Waals surface area (Å²) in [6.45, 7) is 6.08. The van der Waals surface area contributed by atoms with Gasteiger partial charge in [-0.3, -0.25) is 0 Å². The predicted octanol–water partition coefficient (Wildman–Crippen LogP) is 1.62. The van der Waals surface area contributed by atoms with Crippen LogP contribution in [-0.2, 0) is 0 Å². The van der Waals surface area contributed by atoms with E-state index in [1.165, 1.54) is 0 Å². The molecule has 0 aromatic rings. The second-order valence-electron chi connectivity index (χ2n) is 3.48. The van der Waals surface area contributed by atoms with Gasteiger partial charge in [-0.25, -0.2) is 4.79 Å². The van der Waals surface area contributed by atoms with Crippen molar-refractivity contribution < 1.29 is 4.79 Å². The number of rotatable bonds is 4. The summed E-state index contributed by atoms with van der Waals surface area (Å²) < 4.78 is 0. The van der Waals surface area contributed by atoms with Gasteiger partial charge in [0.05, 0.1) is 0 Å². The van der Waals surface area contributed by atoms with Gasteiger partial charge < -0.3 is 11.1 Å². The standard InChI is InChI=1S/C8H18N2O/c1-4-5-6-8(2,3)10-7(9)11/h4-6H2,1-3H3,(H3,9,10,11). The molecule has 0 unspecified atom stereocenters. The molecule has 0 bridgehead atoms. The Labute approximate surface area is 68.3 Å². The van der Waals surface area contributed by atoms with E-state index in [-0.39, 0.29) is 5.54 Å². The van der Waals surface area contributed by atoms with Crippen LogP contribution < -0.4 is 11.1 Å². The molecule has 0 aliphatic carbocycles. The van der Waals surface area contributed by atoms with Crippen molar-refractivity contribution in [2.24, 2.45) is 5.73 Å². The Morgan fingerprint density at radius 3 is 2.45 bits per heavy atom. The highest BCUT2D eigenvalue weighted by atomic mass is 16.2. The smallest absolute Gasteiger partial charge is 0.312 e. The summed E-state index contributed by atoms with van der Waals surface area (Å²) in [5.41, 5.74) is 4.85. The lowest BCUT2D eigenvalue weighted by Crippen LogP contribution is -2.46. The number of primary amides is 1. The summed E-state index contributed by atoms with van der Waals surface area (Å²) in [4.78, 5) is 10.5. The fourth-order valence-electron chi connectivity index (χ4n) is 1.01. The van der Waals surface area contributed by atoms with E-state index in [1.54, 1.807) is 0 Å². The van der Waals surface area contributed by atoms with Crippen LogP contribution in [0.2, 0.25) is 0 Å². The second-order valence-corrected chi connectivity index (χ2v) is 3.48. The minimum atomic E-state index is -0.439. The van der Waals surface area contributed by atoms with Crippen molar-refractivity contribution in [3.05, 3.63) is 0 Å². The number of unbranched alkanes of at least 4 members (excludes halogenated alkanes) is 1. The fourth-order valence-corrected chi connectivity index (χ4v) is 1.01. The summed E-state index contributed by atoms with van der Waals surface area (Å²) in [6, 6.07) is -0.439. The Hall–Kier alpha value is -0.730. The zero-order valence-corrected chi connectivity index (χ0v) is 7.61. The molecule has 0 aliphatic rings. The van der Waals surface area contributed by atoms with Gasteiger partial charge in [0.25, 0.3) is 0 Å². The van der Waals surface area contributed by atoms with Gasteiger partial charge in [-0.2, -0.15) is 0 Å². The highest BCUT2D eigenvalue weighted by Crippen LogP contribution is 2.11. The Kier molecular flexibility index (Phi) is 3.93. The van der Waals surface area contributed by atoms with E-state index in [2.05, 4.69) is 12.2 Å². The van der Waals surface area contributed by atoms with Crippen molar-refractivity contribution in [2.75, 3.05) is 0 Å². The number of carbonyl (C=O) groups excluding carboxylic acids is 1. The number of hydrogen-bond acceptors (Lipinski definition) is 1. The van der Waals surface area contributed by atoms with Crippen molar-refractivity contribution in [2.45, 2.75) is 45.6 Å². The molecule has 0 rings (SSSR count). The first kappa shape index (κ1) is 10.3. The molecule has 0 aliphatic heterocycles. The first-order chi connectivity index (χ1) is 4.98. The zero-order valence-electron chi connectivity index (χ0n) is 7.61. The molecular weight excluding hydrogens is 140 g/mol. The van der Waals surface area contributed by atoms with Crippen LogP contribution in [0, 0.1) is 0 Å². The average molecular weight is 158 g/mol. The molecule has 3 heteroatoms. The van der Waals surface area contributed by atoms with Crippen LogP contribution in [0.4, 0.5) is 4.79 Å². The number of amides is 2. The maximum absolute atomic E-state index is 10.5. The normalized spacial score (nSPS) is 11.2. The third kappa shape index (κ3) is 5.70. The summed E-state index contributed by atoms with van der Waals surface area (Å²) in [5, 5.41) is 2.69. The van der Waals surface area contributed by atoms with Crippen molar-refractivity contribution in [3.63, 3.8) is 0 Å². The average Bonchev–Trinajstić information content (AvgIpc) is 1.81. The van der Waals surface area contributed by atoms with Crippen molar-refractivity contribution >= 4 is 6.03 Å². The third-order valence-electron chi connectivity index (χ3n) is 1.62. The van der Waals surface area contributed by atoms with Crippen LogP contribution in [0.15, 0.2) is 0 Å². The largest absolute Gasteiger partial charge is 0.352 e. The van der Waals surface area contributed by atoms with Gasteiger partial charge in [0.2, 0.25) is 0 Å². The summed E-state index contributed by atoms with van der Waals surface area (Å²) in [7, 11) is 0. The van der Waals surface area contributed by atoms with Gasteiger partial charge >= 0.3 is 6.03 Å². The van der Waals surface area contributed by atoms with Crippen LogP contribution in [-0.4, -0.2) is 11.6 Å². The molecule has 3 nitrogen and oxygen atoms in total. The Bertz CT molecular complexity index is 132. The van der Waals surface area contributed by atoms with Crippen molar-refractivity contribution in [1.29, 1.82) is 0 Å². The Morgan fingerprint density at radius 2 is 2.09 bits per heavy atom. The van der Waals surface area contributed by atoms with Gasteiger partial charge in [0.15, 0.2) is 0 Å². The molecule has 0 heterocycles. The van der Waals surface area contributed by atoms with E-state index >= 15 is 0 Å². The Balaban J connectivity index is 3.70. The molecule has 2 amide bonds. The van der Waals surface area contributed by atoms with E-state index in [0.29, 0.717) is 0 Å². The van der Waals surface area contributed by atoms with Gasteiger partial charge in [-0.1, -0.05) is 19.8 Å². The van der Waals surface area contributed by atoms with E-state index in [4.69, 9.17) is 5.73 Å². The van der Waals surface area contributed by atoms with Crippen LogP contribution in [0.1, 0.15) is 40.0 Å². The van der Waals surface area contributed by atoms with E-state index < -0.39 is 6.03 Å². The highest BCUT2D eigenvalue weighted by Gasteiger charge is 2.17. The van der Waals surface area contributed by atoms with E-state index in [1.807, 2.05) is 13.8 Å². The molecule has 3 N–H and O–H groups in total. The molecule has 0 spiro atoms. The number of carbonyl (C=O) groups is 1. The summed E-state index contributed by atoms with van der Waals surface area (Å²) in [5.74, 6) is 0. The molecule has 0 radical (unpaired) electrons. The minimum Gasteiger partial charge on any atom is -0.352 e. The maximum atomic E-state index is 10.5. The third-order valence-corrected chi connectivity index (χ3v) is 1.62. The molecule has 0 atom stereocenters. The lowest BCUT2D eigenvalue weighted by Gasteiger charge is -2.24. The number of hydrogen-bond donors (Lipinski definition) is 2. The molecule has 0 saturated heterocycles. The number of nitrogens with one attached hydrogen (secondary N) is 1. The topological polar surface area (TPSA) is 55.1 Å². The SMILES string of the molecule is CCCCC(C)(C)NC(N)=O. The molecule has 11 heavy (non-hydrogen) atoms. The minimum absolute atomic E-state index is 0.151. The van der Waals surface area contributed by atoms with Crippen molar-refractivity contribution in [3.8, 4) is 0 Å². The number of nitrogens with two attached hydrogens (primary N) is 1. The summed E-state index contributed by atoms with van der Waals surface area (Å²) in [6.07, 6.45) is 3.24. The molecule has 0 saturated carbocycles. The zero-order chi connectivity index (χ0) is 8.91. The fraction of sp³-hybridized carbons (Fsp3) is 0.875. The van der Waals surface area contributed by atoms with Crippen molar-refractivity contribution in [1.82, 2.24) is 5.32 Å². The van der Waals surface area contributed by atoms with Crippen LogP contribution in [0.5, 0.6) is 0 Å². The van der Waals surface area contributed by atoms with Gasteiger partial charge in [0.1, 0.15) is 0 Å². The Morgan fingerprint density at radius 1 is 1.55 bits per heavy atom. The second kappa shape index (κ2) is 4.21. The lowest BCUT2D eigenvalue weighted by molar-refractivity contribution is 0.235. The molecule has 0 aromatic carbocycles. The van der Waals surface area contributed by atoms with E-state index in [0.717, 1.165) is 19.3 Å². The predicted molar refractivity (Wildman–Crippen MR) is 46.3 cm³/mol. The van der Waals surface area contributed by atoms with Gasteiger partial charge in [-0.15, -0.1) is 0 Å². The summed E-state index contributed by atoms with van der Waals surface area (Å²) >= 11 is 0. The van der Waals surface area contributed by atoms with Crippen LogP contribution >= 0.6 is 0 Å². The lowest BCUT2D eigenvalue weighted by atomic mass is 9.98. The highest BCUT2D eigenvalue weighted by molar-refractivity contribution is 5.72. The van der Waals surface area contributed by atoms with Crippen LogP contribution in [0.25, 0.3) is 0 Å². The molecule has 66 valence electrons. The first-order valence-electron chi connectivity index (χ1n) is 4.05. The monoisotopic (exact) mass is 158 g/mol. The van der Waals surface area contributed by atoms with Gasteiger partial charge in [-0.05, 0) is 20.3 Å². The molecule has 0 aromatic heterocycles. The van der Waals surface area contributed by atoms with Gasteiger partial charge in [0, 0.05) is 5.54 Å².